The number of hydrogen-bond donors (Lipinski definition) is 2. The Kier molecular flexibility index (Phi) is 5.82. The van der Waals surface area contributed by atoms with Gasteiger partial charge in [0.25, 0.3) is 0 Å². The highest BCUT2D eigenvalue weighted by atomic mass is 16.6. The Bertz CT molecular complexity index is 597. The first-order valence-corrected chi connectivity index (χ1v) is 6.53. The molecule has 0 bridgehead atoms. The lowest BCUT2D eigenvalue weighted by Gasteiger charge is -2.22. The number of hydrogen-bond acceptors (Lipinski definition) is 7. The fourth-order valence-corrected chi connectivity index (χ4v) is 1.43. The molecule has 0 unspecified atom stereocenters. The maximum Gasteiger partial charge on any atom is 0.408 e. The molecular formula is C13H17N3O7. The predicted octanol–water partition coefficient (Wildman–Crippen LogP) is 1.35. The standard InChI is InChI=1S/C13H17N3O7/c1-13(2,3)23-12(19)15-8(11(17)18)7-22-10-4-5-14-6-9(10)16(20)21/h4-6,8H,7H2,1-3H3,(H,15,19)(H,17,18)/t8-/m0/s1. The maximum atomic E-state index is 11.6. The van der Waals surface area contributed by atoms with Gasteiger partial charge >= 0.3 is 17.7 Å². The van der Waals surface area contributed by atoms with Crippen molar-refractivity contribution in [2.75, 3.05) is 6.61 Å². The third kappa shape index (κ3) is 6.16. The lowest BCUT2D eigenvalue weighted by Crippen LogP contribution is -2.46. The largest absolute Gasteiger partial charge is 0.484 e. The van der Waals surface area contributed by atoms with E-state index in [1.54, 1.807) is 20.8 Å². The number of nitrogens with one attached hydrogen (secondary N) is 1. The van der Waals surface area contributed by atoms with Crippen molar-refractivity contribution in [1.29, 1.82) is 0 Å². The van der Waals surface area contributed by atoms with Crippen LogP contribution in [0.15, 0.2) is 18.5 Å². The van der Waals surface area contributed by atoms with Gasteiger partial charge in [0.05, 0.1) is 4.92 Å². The van der Waals surface area contributed by atoms with E-state index >= 15 is 0 Å². The number of aromatic nitrogens is 1. The molecule has 0 aliphatic rings. The molecule has 2 N–H and O–H groups in total. The highest BCUT2D eigenvalue weighted by molar-refractivity contribution is 5.80. The van der Waals surface area contributed by atoms with Gasteiger partial charge in [0.2, 0.25) is 0 Å². The number of alkyl carbamates (subject to hydrolysis) is 1. The number of carboxylic acids is 1. The number of carboxylic acid groups (broad SMARTS) is 1. The minimum Gasteiger partial charge on any atom is -0.484 e. The Morgan fingerprint density at radius 1 is 1.48 bits per heavy atom. The molecule has 0 fully saturated rings. The zero-order chi connectivity index (χ0) is 17.6. The quantitative estimate of drug-likeness (QED) is 0.589. The van der Waals surface area contributed by atoms with Crippen molar-refractivity contribution in [2.45, 2.75) is 32.4 Å². The van der Waals surface area contributed by atoms with Gasteiger partial charge in [-0.25, -0.2) is 9.59 Å². The Morgan fingerprint density at radius 3 is 2.65 bits per heavy atom. The van der Waals surface area contributed by atoms with Crippen LogP contribution in [-0.4, -0.2) is 45.3 Å². The van der Waals surface area contributed by atoms with E-state index < -0.39 is 40.9 Å². The molecule has 1 aromatic rings. The van der Waals surface area contributed by atoms with Crippen LogP contribution in [0.4, 0.5) is 10.5 Å². The molecular weight excluding hydrogens is 310 g/mol. The van der Waals surface area contributed by atoms with E-state index in [1.807, 2.05) is 0 Å². The second-order valence-electron chi connectivity index (χ2n) is 5.45. The minimum atomic E-state index is -1.43. The van der Waals surface area contributed by atoms with Crippen molar-refractivity contribution in [1.82, 2.24) is 10.3 Å². The van der Waals surface area contributed by atoms with Crippen molar-refractivity contribution in [3.05, 3.63) is 28.6 Å². The summed E-state index contributed by atoms with van der Waals surface area (Å²) in [6.45, 7) is 4.36. The van der Waals surface area contributed by atoms with Crippen LogP contribution in [0.5, 0.6) is 5.75 Å². The zero-order valence-electron chi connectivity index (χ0n) is 12.8. The summed E-state index contributed by atoms with van der Waals surface area (Å²) in [4.78, 5) is 36.4. The van der Waals surface area contributed by atoms with Gasteiger partial charge in [-0.2, -0.15) is 0 Å². The van der Waals surface area contributed by atoms with E-state index in [0.717, 1.165) is 6.20 Å². The Morgan fingerprint density at radius 2 is 2.13 bits per heavy atom. The predicted molar refractivity (Wildman–Crippen MR) is 77.2 cm³/mol. The second-order valence-corrected chi connectivity index (χ2v) is 5.45. The molecule has 126 valence electrons. The summed E-state index contributed by atoms with van der Waals surface area (Å²) in [6.07, 6.45) is 1.31. The Hall–Kier alpha value is -2.91. The van der Waals surface area contributed by atoms with Gasteiger partial charge in [0.1, 0.15) is 18.4 Å². The van der Waals surface area contributed by atoms with Crippen molar-refractivity contribution >= 4 is 17.7 Å². The van der Waals surface area contributed by atoms with Gasteiger partial charge in [-0.1, -0.05) is 0 Å². The van der Waals surface area contributed by atoms with E-state index in [9.17, 15) is 19.7 Å². The molecule has 0 saturated heterocycles. The molecule has 0 radical (unpaired) electrons. The molecule has 1 aromatic heterocycles. The molecule has 1 amide bonds. The smallest absolute Gasteiger partial charge is 0.408 e. The number of nitrogens with zero attached hydrogens (tertiary/aromatic N) is 2. The van der Waals surface area contributed by atoms with Crippen molar-refractivity contribution in [3.8, 4) is 5.75 Å². The van der Waals surface area contributed by atoms with Gasteiger partial charge in [-0.15, -0.1) is 0 Å². The molecule has 1 heterocycles. The number of amides is 1. The third-order valence-corrected chi connectivity index (χ3v) is 2.35. The van der Waals surface area contributed by atoms with E-state index in [-0.39, 0.29) is 5.75 Å². The normalized spacial score (nSPS) is 12.1. The zero-order valence-corrected chi connectivity index (χ0v) is 12.8. The van der Waals surface area contributed by atoms with Crippen LogP contribution in [0.1, 0.15) is 20.8 Å². The molecule has 1 atom stereocenters. The number of pyridine rings is 1. The fraction of sp³-hybridized carbons (Fsp3) is 0.462. The molecule has 23 heavy (non-hydrogen) atoms. The highest BCUT2D eigenvalue weighted by Crippen LogP contribution is 2.24. The fourth-order valence-electron chi connectivity index (χ4n) is 1.43. The number of rotatable bonds is 6. The molecule has 0 spiro atoms. The van der Waals surface area contributed by atoms with Crippen LogP contribution >= 0.6 is 0 Å². The van der Waals surface area contributed by atoms with Crippen LogP contribution in [0.2, 0.25) is 0 Å². The number of carbonyl (C=O) groups excluding carboxylic acids is 1. The van der Waals surface area contributed by atoms with Crippen LogP contribution in [0.3, 0.4) is 0 Å². The SMILES string of the molecule is CC(C)(C)OC(=O)N[C@@H](COc1ccncc1[N+](=O)[O-])C(=O)O. The average molecular weight is 327 g/mol. The van der Waals surface area contributed by atoms with Crippen molar-refractivity contribution in [3.63, 3.8) is 0 Å². The number of ether oxygens (including phenoxy) is 2. The third-order valence-electron chi connectivity index (χ3n) is 2.35. The first-order chi connectivity index (χ1) is 10.6. The molecule has 0 aliphatic carbocycles. The molecule has 0 aromatic carbocycles. The van der Waals surface area contributed by atoms with Gasteiger partial charge in [-0.3, -0.25) is 15.1 Å². The topological polar surface area (TPSA) is 141 Å². The average Bonchev–Trinajstić information content (AvgIpc) is 2.41. The Labute approximate surface area is 131 Å². The molecule has 10 nitrogen and oxygen atoms in total. The van der Waals surface area contributed by atoms with Gasteiger partial charge in [-0.05, 0) is 20.8 Å². The van der Waals surface area contributed by atoms with Gasteiger partial charge in [0.15, 0.2) is 11.8 Å². The van der Waals surface area contributed by atoms with Gasteiger partial charge < -0.3 is 19.9 Å². The molecule has 0 aliphatic heterocycles. The summed E-state index contributed by atoms with van der Waals surface area (Å²) >= 11 is 0. The summed E-state index contributed by atoms with van der Waals surface area (Å²) < 4.78 is 10.1. The lowest BCUT2D eigenvalue weighted by molar-refractivity contribution is -0.386. The molecule has 10 heteroatoms. The van der Waals surface area contributed by atoms with E-state index in [4.69, 9.17) is 14.6 Å². The molecule has 1 rings (SSSR count). The van der Waals surface area contributed by atoms with E-state index in [1.165, 1.54) is 12.3 Å². The van der Waals surface area contributed by atoms with Crippen molar-refractivity contribution < 1.29 is 29.1 Å². The first-order valence-electron chi connectivity index (χ1n) is 6.53. The first kappa shape index (κ1) is 18.1. The summed E-state index contributed by atoms with van der Waals surface area (Å²) in [5.74, 6) is -1.52. The lowest BCUT2D eigenvalue weighted by atomic mass is 10.2. The molecule has 0 saturated carbocycles. The summed E-state index contributed by atoms with van der Waals surface area (Å²) in [7, 11) is 0. The van der Waals surface area contributed by atoms with E-state index in [0.29, 0.717) is 0 Å². The van der Waals surface area contributed by atoms with E-state index in [2.05, 4.69) is 10.3 Å². The summed E-state index contributed by atoms with van der Waals surface area (Å²) in [5, 5.41) is 22.0. The van der Waals surface area contributed by atoms with Gasteiger partial charge in [0, 0.05) is 12.3 Å². The minimum absolute atomic E-state index is 0.151. The van der Waals surface area contributed by atoms with Crippen LogP contribution < -0.4 is 10.1 Å². The number of nitro groups is 1. The van der Waals surface area contributed by atoms with Crippen molar-refractivity contribution in [2.24, 2.45) is 0 Å². The Balaban J connectivity index is 2.73. The number of aliphatic carboxylic acids is 1. The maximum absolute atomic E-state index is 11.6. The highest BCUT2D eigenvalue weighted by Gasteiger charge is 2.25. The van der Waals surface area contributed by atoms with Crippen LogP contribution in [-0.2, 0) is 9.53 Å². The summed E-state index contributed by atoms with van der Waals surface area (Å²) in [6, 6.07) is -0.206. The summed E-state index contributed by atoms with van der Waals surface area (Å²) in [5.41, 5.74) is -1.20. The van der Waals surface area contributed by atoms with Crippen LogP contribution in [0, 0.1) is 10.1 Å². The monoisotopic (exact) mass is 327 g/mol. The van der Waals surface area contributed by atoms with Crippen LogP contribution in [0.25, 0.3) is 0 Å². The second kappa shape index (κ2) is 7.38. The number of carbonyl (C=O) groups is 2.